The van der Waals surface area contributed by atoms with Crippen molar-refractivity contribution >= 4 is 5.91 Å². The van der Waals surface area contributed by atoms with Crippen molar-refractivity contribution < 1.29 is 4.79 Å². The van der Waals surface area contributed by atoms with Gasteiger partial charge in [-0.2, -0.15) is 0 Å². The first kappa shape index (κ1) is 10.5. The molecule has 1 aliphatic heterocycles. The van der Waals surface area contributed by atoms with E-state index in [1.165, 1.54) is 19.3 Å². The highest BCUT2D eigenvalue weighted by atomic mass is 16.2. The monoisotopic (exact) mass is 184 g/mol. The van der Waals surface area contributed by atoms with Gasteiger partial charge in [-0.05, 0) is 38.8 Å². The first-order valence-electron chi connectivity index (χ1n) is 5.14. The smallest absolute Gasteiger partial charge is 0.219 e. The summed E-state index contributed by atoms with van der Waals surface area (Å²) in [6.45, 7) is 4.71. The lowest BCUT2D eigenvalue weighted by Gasteiger charge is -2.13. The quantitative estimate of drug-likeness (QED) is 0.657. The first-order chi connectivity index (χ1) is 6.24. The third-order valence-corrected chi connectivity index (χ3v) is 2.77. The van der Waals surface area contributed by atoms with Gasteiger partial charge in [-0.3, -0.25) is 4.79 Å². The van der Waals surface area contributed by atoms with Gasteiger partial charge >= 0.3 is 0 Å². The van der Waals surface area contributed by atoms with Crippen LogP contribution in [0.2, 0.25) is 0 Å². The molecule has 13 heavy (non-hydrogen) atoms. The van der Waals surface area contributed by atoms with Crippen molar-refractivity contribution in [2.24, 2.45) is 5.92 Å². The van der Waals surface area contributed by atoms with E-state index in [0.717, 1.165) is 25.6 Å². The maximum Gasteiger partial charge on any atom is 0.219 e. The molecule has 0 aliphatic carbocycles. The lowest BCUT2D eigenvalue weighted by molar-refractivity contribution is -0.127. The van der Waals surface area contributed by atoms with Crippen molar-refractivity contribution in [2.75, 3.05) is 26.7 Å². The average Bonchev–Trinajstić information content (AvgIpc) is 2.53. The Bertz CT molecular complexity index is 170. The molecule has 3 heteroatoms. The minimum absolute atomic E-state index is 0.233. The van der Waals surface area contributed by atoms with Gasteiger partial charge in [-0.1, -0.05) is 0 Å². The van der Waals surface area contributed by atoms with E-state index in [-0.39, 0.29) is 5.91 Å². The molecular formula is C10H20N2O. The summed E-state index contributed by atoms with van der Waals surface area (Å²) in [4.78, 5) is 13.0. The van der Waals surface area contributed by atoms with Crippen LogP contribution in [-0.4, -0.2) is 37.5 Å². The van der Waals surface area contributed by atoms with Crippen molar-refractivity contribution in [1.29, 1.82) is 0 Å². The predicted molar refractivity (Wildman–Crippen MR) is 53.5 cm³/mol. The van der Waals surface area contributed by atoms with Crippen LogP contribution in [0.25, 0.3) is 0 Å². The number of amides is 1. The summed E-state index contributed by atoms with van der Waals surface area (Å²) < 4.78 is 0. The number of rotatable bonds is 4. The van der Waals surface area contributed by atoms with Gasteiger partial charge in [0.2, 0.25) is 5.91 Å². The highest BCUT2D eigenvalue weighted by Gasteiger charge is 2.23. The number of carbonyl (C=O) groups is 1. The molecule has 0 saturated carbocycles. The summed E-state index contributed by atoms with van der Waals surface area (Å²) in [7, 11) is 1.98. The predicted octanol–water partition coefficient (Wildman–Crippen LogP) is 0.854. The van der Waals surface area contributed by atoms with E-state index >= 15 is 0 Å². The van der Waals surface area contributed by atoms with Gasteiger partial charge in [0, 0.05) is 20.0 Å². The van der Waals surface area contributed by atoms with Crippen LogP contribution in [0, 0.1) is 5.92 Å². The topological polar surface area (TPSA) is 32.3 Å². The fraction of sp³-hybridized carbons (Fsp3) is 0.900. The van der Waals surface area contributed by atoms with E-state index in [9.17, 15) is 4.79 Å². The van der Waals surface area contributed by atoms with Crippen molar-refractivity contribution in [1.82, 2.24) is 10.2 Å². The molecule has 1 rings (SSSR count). The SMILES string of the molecule is CNCCCC1CCN(C(C)=O)C1. The van der Waals surface area contributed by atoms with Gasteiger partial charge in [0.1, 0.15) is 0 Å². The molecule has 1 fully saturated rings. The van der Waals surface area contributed by atoms with Crippen LogP contribution in [0.1, 0.15) is 26.2 Å². The van der Waals surface area contributed by atoms with Gasteiger partial charge < -0.3 is 10.2 Å². The zero-order chi connectivity index (χ0) is 9.68. The summed E-state index contributed by atoms with van der Waals surface area (Å²) in [5.74, 6) is 0.980. The molecule has 1 N–H and O–H groups in total. The Balaban J connectivity index is 2.14. The van der Waals surface area contributed by atoms with E-state index in [2.05, 4.69) is 5.32 Å². The standard InChI is InChI=1S/C10H20N2O/c1-9(13)12-7-5-10(8-12)4-3-6-11-2/h10-11H,3-8H2,1-2H3. The molecule has 0 bridgehead atoms. The molecule has 76 valence electrons. The minimum Gasteiger partial charge on any atom is -0.343 e. The van der Waals surface area contributed by atoms with E-state index in [1.54, 1.807) is 6.92 Å². The summed E-state index contributed by atoms with van der Waals surface area (Å²) in [6, 6.07) is 0. The third kappa shape index (κ3) is 3.35. The normalized spacial score (nSPS) is 22.3. The minimum atomic E-state index is 0.233. The second kappa shape index (κ2) is 5.22. The molecule has 1 saturated heterocycles. The van der Waals surface area contributed by atoms with Crippen LogP contribution in [0.3, 0.4) is 0 Å². The van der Waals surface area contributed by atoms with E-state index in [0.29, 0.717) is 0 Å². The Hall–Kier alpha value is -0.570. The van der Waals surface area contributed by atoms with Gasteiger partial charge in [-0.15, -0.1) is 0 Å². The van der Waals surface area contributed by atoms with E-state index in [4.69, 9.17) is 0 Å². The van der Waals surface area contributed by atoms with Crippen LogP contribution in [0.5, 0.6) is 0 Å². The zero-order valence-electron chi connectivity index (χ0n) is 8.68. The van der Waals surface area contributed by atoms with Crippen molar-refractivity contribution in [3.8, 4) is 0 Å². The maximum atomic E-state index is 11.0. The molecule has 1 atom stereocenters. The Morgan fingerprint density at radius 3 is 2.92 bits per heavy atom. The third-order valence-electron chi connectivity index (χ3n) is 2.77. The summed E-state index contributed by atoms with van der Waals surface area (Å²) in [5, 5.41) is 3.15. The summed E-state index contributed by atoms with van der Waals surface area (Å²) in [6.07, 6.45) is 3.68. The first-order valence-corrected chi connectivity index (χ1v) is 5.14. The highest BCUT2D eigenvalue weighted by molar-refractivity contribution is 5.73. The fourth-order valence-corrected chi connectivity index (χ4v) is 1.92. The maximum absolute atomic E-state index is 11.0. The Kier molecular flexibility index (Phi) is 4.22. The van der Waals surface area contributed by atoms with E-state index in [1.807, 2.05) is 11.9 Å². The Labute approximate surface area is 80.5 Å². The van der Waals surface area contributed by atoms with Gasteiger partial charge in [0.25, 0.3) is 0 Å². The molecule has 1 heterocycles. The Morgan fingerprint density at radius 1 is 1.62 bits per heavy atom. The number of hydrogen-bond acceptors (Lipinski definition) is 2. The van der Waals surface area contributed by atoms with Crippen LogP contribution >= 0.6 is 0 Å². The number of hydrogen-bond donors (Lipinski definition) is 1. The molecule has 0 aromatic heterocycles. The lowest BCUT2D eigenvalue weighted by atomic mass is 10.0. The second-order valence-corrected chi connectivity index (χ2v) is 3.87. The molecule has 0 radical (unpaired) electrons. The summed E-state index contributed by atoms with van der Waals surface area (Å²) in [5.41, 5.74) is 0. The van der Waals surface area contributed by atoms with Crippen molar-refractivity contribution in [2.45, 2.75) is 26.2 Å². The van der Waals surface area contributed by atoms with Crippen LogP contribution in [-0.2, 0) is 4.79 Å². The zero-order valence-corrected chi connectivity index (χ0v) is 8.68. The van der Waals surface area contributed by atoms with E-state index < -0.39 is 0 Å². The molecule has 0 spiro atoms. The molecule has 3 nitrogen and oxygen atoms in total. The summed E-state index contributed by atoms with van der Waals surface area (Å²) >= 11 is 0. The second-order valence-electron chi connectivity index (χ2n) is 3.87. The lowest BCUT2D eigenvalue weighted by Crippen LogP contribution is -2.25. The van der Waals surface area contributed by atoms with Gasteiger partial charge in [0.15, 0.2) is 0 Å². The highest BCUT2D eigenvalue weighted by Crippen LogP contribution is 2.20. The molecule has 1 unspecified atom stereocenters. The molecule has 0 aromatic carbocycles. The van der Waals surface area contributed by atoms with Crippen molar-refractivity contribution in [3.05, 3.63) is 0 Å². The molecular weight excluding hydrogens is 164 g/mol. The average molecular weight is 184 g/mol. The van der Waals surface area contributed by atoms with Gasteiger partial charge in [0.05, 0.1) is 0 Å². The molecule has 1 amide bonds. The molecule has 1 aliphatic rings. The number of nitrogens with one attached hydrogen (secondary N) is 1. The largest absolute Gasteiger partial charge is 0.343 e. The number of carbonyl (C=O) groups excluding carboxylic acids is 1. The number of nitrogens with zero attached hydrogens (tertiary/aromatic N) is 1. The van der Waals surface area contributed by atoms with Crippen LogP contribution in [0.15, 0.2) is 0 Å². The number of likely N-dealkylation sites (tertiary alicyclic amines) is 1. The van der Waals surface area contributed by atoms with Crippen LogP contribution in [0.4, 0.5) is 0 Å². The van der Waals surface area contributed by atoms with Gasteiger partial charge in [-0.25, -0.2) is 0 Å². The fourth-order valence-electron chi connectivity index (χ4n) is 1.92. The molecule has 0 aromatic rings. The van der Waals surface area contributed by atoms with Crippen LogP contribution < -0.4 is 5.32 Å². The van der Waals surface area contributed by atoms with Crippen molar-refractivity contribution in [3.63, 3.8) is 0 Å². The Morgan fingerprint density at radius 2 is 2.38 bits per heavy atom.